The maximum atomic E-state index is 12.4. The molecule has 3 aromatic heterocycles. The van der Waals surface area contributed by atoms with Crippen molar-refractivity contribution in [3.8, 4) is 5.88 Å². The molecule has 2 fully saturated rings. The van der Waals surface area contributed by atoms with E-state index in [2.05, 4.69) is 29.9 Å². The van der Waals surface area contributed by atoms with Crippen LogP contribution >= 0.6 is 0 Å². The number of pyridine rings is 2. The second kappa shape index (κ2) is 11.0. The molecule has 5 rings (SSSR count). The number of rotatable bonds is 8. The molecule has 4 heterocycles. The van der Waals surface area contributed by atoms with Crippen LogP contribution in [0.1, 0.15) is 25.7 Å². The molecule has 0 spiro atoms. The van der Waals surface area contributed by atoms with Gasteiger partial charge in [-0.05, 0) is 37.8 Å². The summed E-state index contributed by atoms with van der Waals surface area (Å²) in [6.07, 6.45) is 8.45. The molecule has 0 radical (unpaired) electrons. The maximum absolute atomic E-state index is 12.4. The zero-order chi connectivity index (χ0) is 25.8. The molecule has 0 atom stereocenters. The van der Waals surface area contributed by atoms with Crippen molar-refractivity contribution >= 4 is 38.6 Å². The van der Waals surface area contributed by atoms with E-state index in [4.69, 9.17) is 14.5 Å². The minimum Gasteiger partial charge on any atom is -0.474 e. The molecule has 0 aromatic carbocycles. The van der Waals surface area contributed by atoms with Gasteiger partial charge < -0.3 is 19.7 Å². The standard InChI is InChI=1S/C24H32N8O4S/c1-31(2)37(33,34)30-18-14-20-21(27-16-18)15-22(32-10-12-35-13-11-32)29-23(20)36-19-6-4-17(5-7-19)28-24-25-8-3-9-26-24/h3,8-9,14-17,19,30H,4-7,10-13H2,1-2H3,(H,25,26,28). The van der Waals surface area contributed by atoms with E-state index in [0.29, 0.717) is 41.6 Å². The Morgan fingerprint density at radius 1 is 1.05 bits per heavy atom. The van der Waals surface area contributed by atoms with Gasteiger partial charge in [-0.25, -0.2) is 9.97 Å². The lowest BCUT2D eigenvalue weighted by Crippen LogP contribution is -2.37. The Kier molecular flexibility index (Phi) is 7.53. The average Bonchev–Trinajstić information content (AvgIpc) is 2.91. The molecule has 13 heteroatoms. The van der Waals surface area contributed by atoms with Gasteiger partial charge in [0.05, 0.1) is 36.0 Å². The Labute approximate surface area is 216 Å². The molecule has 0 unspecified atom stereocenters. The zero-order valence-corrected chi connectivity index (χ0v) is 21.8. The Morgan fingerprint density at radius 3 is 2.49 bits per heavy atom. The second-order valence-corrected chi connectivity index (χ2v) is 11.3. The van der Waals surface area contributed by atoms with Gasteiger partial charge in [0.1, 0.15) is 11.9 Å². The van der Waals surface area contributed by atoms with Crippen LogP contribution in [0.5, 0.6) is 5.88 Å². The smallest absolute Gasteiger partial charge is 0.301 e. The fourth-order valence-electron chi connectivity index (χ4n) is 4.46. The minimum atomic E-state index is -3.67. The summed E-state index contributed by atoms with van der Waals surface area (Å²) >= 11 is 0. The van der Waals surface area contributed by atoms with E-state index in [1.165, 1.54) is 20.3 Å². The van der Waals surface area contributed by atoms with Crippen molar-refractivity contribution in [1.29, 1.82) is 0 Å². The van der Waals surface area contributed by atoms with Crippen LogP contribution in [0.2, 0.25) is 0 Å². The summed E-state index contributed by atoms with van der Waals surface area (Å²) in [5.41, 5.74) is 1.04. The van der Waals surface area contributed by atoms with Crippen LogP contribution in [0.15, 0.2) is 36.8 Å². The molecule has 1 saturated heterocycles. The van der Waals surface area contributed by atoms with Crippen LogP contribution in [-0.2, 0) is 14.9 Å². The van der Waals surface area contributed by atoms with Crippen molar-refractivity contribution < 1.29 is 17.9 Å². The van der Waals surface area contributed by atoms with E-state index in [1.807, 2.05) is 6.07 Å². The normalized spacial score (nSPS) is 20.7. The van der Waals surface area contributed by atoms with Crippen LogP contribution in [0.4, 0.5) is 17.5 Å². The van der Waals surface area contributed by atoms with E-state index < -0.39 is 10.2 Å². The third-order valence-corrected chi connectivity index (χ3v) is 8.00. The van der Waals surface area contributed by atoms with Gasteiger partial charge in [-0.3, -0.25) is 9.71 Å². The van der Waals surface area contributed by atoms with Crippen molar-refractivity contribution in [2.45, 2.75) is 37.8 Å². The summed E-state index contributed by atoms with van der Waals surface area (Å²) in [7, 11) is -0.737. The van der Waals surface area contributed by atoms with Crippen molar-refractivity contribution in [2.24, 2.45) is 0 Å². The number of hydrogen-bond acceptors (Lipinski definition) is 10. The molecule has 2 N–H and O–H groups in total. The second-order valence-electron chi connectivity index (χ2n) is 9.37. The molecule has 1 aliphatic heterocycles. The Morgan fingerprint density at radius 2 is 1.78 bits per heavy atom. The van der Waals surface area contributed by atoms with Gasteiger partial charge in [-0.1, -0.05) is 0 Å². The predicted octanol–water partition coefficient (Wildman–Crippen LogP) is 2.28. The van der Waals surface area contributed by atoms with Crippen LogP contribution in [0, 0.1) is 0 Å². The first-order valence-corrected chi connectivity index (χ1v) is 13.9. The first kappa shape index (κ1) is 25.4. The molecular formula is C24H32N8O4S. The van der Waals surface area contributed by atoms with Crippen LogP contribution in [-0.4, -0.2) is 85.2 Å². The maximum Gasteiger partial charge on any atom is 0.301 e. The third kappa shape index (κ3) is 6.17. The van der Waals surface area contributed by atoms with E-state index in [9.17, 15) is 8.42 Å². The van der Waals surface area contributed by atoms with Crippen LogP contribution in [0.3, 0.4) is 0 Å². The fraction of sp³-hybridized carbons (Fsp3) is 0.500. The zero-order valence-electron chi connectivity index (χ0n) is 21.0. The highest BCUT2D eigenvalue weighted by atomic mass is 32.2. The SMILES string of the molecule is CN(C)S(=O)(=O)Nc1cnc2cc(N3CCOCC3)nc(OC3CCC(Nc4ncccn4)CC3)c2c1. The number of ether oxygens (including phenoxy) is 2. The summed E-state index contributed by atoms with van der Waals surface area (Å²) in [6, 6.07) is 5.72. The number of nitrogens with zero attached hydrogens (tertiary/aromatic N) is 6. The number of hydrogen-bond donors (Lipinski definition) is 2. The summed E-state index contributed by atoms with van der Waals surface area (Å²) in [5, 5.41) is 4.06. The van der Waals surface area contributed by atoms with Gasteiger partial charge in [-0.15, -0.1) is 0 Å². The highest BCUT2D eigenvalue weighted by Crippen LogP contribution is 2.33. The van der Waals surface area contributed by atoms with Crippen LogP contribution in [0.25, 0.3) is 10.9 Å². The molecule has 12 nitrogen and oxygen atoms in total. The van der Waals surface area contributed by atoms with Gasteiger partial charge >= 0.3 is 10.2 Å². The Balaban J connectivity index is 1.38. The number of anilines is 3. The number of fused-ring (bicyclic) bond motifs is 1. The molecule has 3 aromatic rings. The van der Waals surface area contributed by atoms with Crippen molar-refractivity contribution in [2.75, 3.05) is 55.3 Å². The third-order valence-electron chi connectivity index (χ3n) is 6.54. The first-order chi connectivity index (χ1) is 17.9. The average molecular weight is 529 g/mol. The van der Waals surface area contributed by atoms with Crippen molar-refractivity contribution in [3.05, 3.63) is 36.8 Å². The molecular weight excluding hydrogens is 496 g/mol. The summed E-state index contributed by atoms with van der Waals surface area (Å²) in [6.45, 7) is 2.74. The monoisotopic (exact) mass is 528 g/mol. The van der Waals surface area contributed by atoms with Crippen molar-refractivity contribution in [3.63, 3.8) is 0 Å². The first-order valence-electron chi connectivity index (χ1n) is 12.4. The molecule has 1 saturated carbocycles. The lowest BCUT2D eigenvalue weighted by molar-refractivity contribution is 0.122. The topological polar surface area (TPSA) is 135 Å². The lowest BCUT2D eigenvalue weighted by Gasteiger charge is -2.31. The highest BCUT2D eigenvalue weighted by Gasteiger charge is 2.25. The molecule has 0 bridgehead atoms. The highest BCUT2D eigenvalue weighted by molar-refractivity contribution is 7.90. The van der Waals surface area contributed by atoms with Gasteiger partial charge in [0.2, 0.25) is 11.8 Å². The fourth-order valence-corrected chi connectivity index (χ4v) is 5.05. The lowest BCUT2D eigenvalue weighted by atomic mass is 9.93. The van der Waals surface area contributed by atoms with Gasteiger partial charge in [0, 0.05) is 51.7 Å². The predicted molar refractivity (Wildman–Crippen MR) is 141 cm³/mol. The molecule has 1 aliphatic carbocycles. The Bertz CT molecular complexity index is 1310. The van der Waals surface area contributed by atoms with Crippen molar-refractivity contribution in [1.82, 2.24) is 24.2 Å². The van der Waals surface area contributed by atoms with Crippen LogP contribution < -0.4 is 19.7 Å². The summed E-state index contributed by atoms with van der Waals surface area (Å²) < 4.78 is 40.4. The molecule has 198 valence electrons. The van der Waals surface area contributed by atoms with E-state index in [0.717, 1.165) is 48.9 Å². The molecule has 2 aliphatic rings. The van der Waals surface area contributed by atoms with E-state index in [-0.39, 0.29) is 12.1 Å². The summed E-state index contributed by atoms with van der Waals surface area (Å²) in [5.74, 6) is 1.87. The van der Waals surface area contributed by atoms with Gasteiger partial charge in [0.15, 0.2) is 0 Å². The summed E-state index contributed by atoms with van der Waals surface area (Å²) in [4.78, 5) is 20.1. The molecule has 0 amide bonds. The van der Waals surface area contributed by atoms with E-state index >= 15 is 0 Å². The minimum absolute atomic E-state index is 0.0208. The quantitative estimate of drug-likeness (QED) is 0.448. The van der Waals surface area contributed by atoms with Gasteiger partial charge in [-0.2, -0.15) is 17.7 Å². The van der Waals surface area contributed by atoms with E-state index in [1.54, 1.807) is 24.5 Å². The largest absolute Gasteiger partial charge is 0.474 e. The van der Waals surface area contributed by atoms with Gasteiger partial charge in [0.25, 0.3) is 0 Å². The Hall–Kier alpha value is -3.29. The molecule has 37 heavy (non-hydrogen) atoms. The number of aromatic nitrogens is 4. The number of morpholine rings is 1. The number of nitrogens with one attached hydrogen (secondary N) is 2.